The Morgan fingerprint density at radius 3 is 2.33 bits per heavy atom. The molecule has 0 N–H and O–H groups in total. The van der Waals surface area contributed by atoms with E-state index in [1.54, 1.807) is 42.5 Å². The highest BCUT2D eigenvalue weighted by atomic mass is 32.2. The zero-order valence-corrected chi connectivity index (χ0v) is 16.5. The summed E-state index contributed by atoms with van der Waals surface area (Å²) >= 11 is 0.957. The van der Waals surface area contributed by atoms with Gasteiger partial charge in [0, 0.05) is 4.90 Å². The van der Waals surface area contributed by atoms with E-state index in [4.69, 9.17) is 0 Å². The summed E-state index contributed by atoms with van der Waals surface area (Å²) in [7, 11) is -2.84. The van der Waals surface area contributed by atoms with E-state index in [1.807, 2.05) is 19.1 Å². The fraction of sp³-hybridized carbons (Fsp3) is 0.158. The van der Waals surface area contributed by atoms with Crippen molar-refractivity contribution < 1.29 is 22.2 Å². The zero-order valence-electron chi connectivity index (χ0n) is 14.9. The largest absolute Gasteiger partial charge is 0.464 e. The van der Waals surface area contributed by atoms with Gasteiger partial charge in [-0.2, -0.15) is 8.42 Å². The SMILES string of the molecule is C=Cc1ccc(CS(=O)(=O)ON=C(Sc2ccc(C)cc2)C(=O)OC)cc1. The van der Waals surface area contributed by atoms with Crippen molar-refractivity contribution in [3.8, 4) is 0 Å². The predicted octanol–water partition coefficient (Wildman–Crippen LogP) is 3.76. The lowest BCUT2D eigenvalue weighted by Gasteiger charge is -2.06. The van der Waals surface area contributed by atoms with Crippen LogP contribution in [-0.2, 0) is 29.7 Å². The van der Waals surface area contributed by atoms with Gasteiger partial charge in [-0.05, 0) is 30.2 Å². The van der Waals surface area contributed by atoms with Crippen LogP contribution in [0.3, 0.4) is 0 Å². The second-order valence-corrected chi connectivity index (χ2v) is 8.14. The summed E-state index contributed by atoms with van der Waals surface area (Å²) in [6.45, 7) is 5.57. The van der Waals surface area contributed by atoms with Crippen LogP contribution < -0.4 is 0 Å². The highest BCUT2D eigenvalue weighted by molar-refractivity contribution is 8.15. The highest BCUT2D eigenvalue weighted by Crippen LogP contribution is 2.21. The van der Waals surface area contributed by atoms with E-state index >= 15 is 0 Å². The molecule has 0 spiro atoms. The van der Waals surface area contributed by atoms with Crippen molar-refractivity contribution in [2.75, 3.05) is 7.11 Å². The molecule has 8 heteroatoms. The molecule has 0 saturated carbocycles. The standard InChI is InChI=1S/C19H19NO5S2/c1-4-15-7-9-16(10-8-15)13-27(22,23)25-20-18(19(21)24-3)26-17-11-5-14(2)6-12-17/h4-12H,1,13H2,2-3H3. The summed E-state index contributed by atoms with van der Waals surface area (Å²) in [5, 5.41) is 3.30. The Morgan fingerprint density at radius 2 is 1.78 bits per heavy atom. The number of nitrogens with zero attached hydrogens (tertiary/aromatic N) is 1. The van der Waals surface area contributed by atoms with E-state index in [0.717, 1.165) is 22.9 Å². The lowest BCUT2D eigenvalue weighted by Crippen LogP contribution is -2.14. The van der Waals surface area contributed by atoms with Crippen molar-refractivity contribution in [1.29, 1.82) is 0 Å². The van der Waals surface area contributed by atoms with Crippen LogP contribution in [0.15, 0.2) is 65.2 Å². The molecular formula is C19H19NO5S2. The van der Waals surface area contributed by atoms with Crippen LogP contribution in [0.4, 0.5) is 0 Å². The number of esters is 1. The van der Waals surface area contributed by atoms with Crippen LogP contribution in [0.2, 0.25) is 0 Å². The van der Waals surface area contributed by atoms with Gasteiger partial charge in [0.05, 0.1) is 7.11 Å². The summed E-state index contributed by atoms with van der Waals surface area (Å²) < 4.78 is 33.6. The molecule has 2 aromatic carbocycles. The summed E-state index contributed by atoms with van der Waals surface area (Å²) in [6, 6.07) is 14.1. The average Bonchev–Trinajstić information content (AvgIpc) is 2.66. The molecule has 0 atom stereocenters. The van der Waals surface area contributed by atoms with Crippen molar-refractivity contribution in [2.45, 2.75) is 17.6 Å². The van der Waals surface area contributed by atoms with Gasteiger partial charge in [0.1, 0.15) is 5.75 Å². The maximum atomic E-state index is 12.2. The first-order valence-electron chi connectivity index (χ1n) is 7.86. The fourth-order valence-corrected chi connectivity index (χ4v) is 3.60. The molecule has 0 saturated heterocycles. The van der Waals surface area contributed by atoms with Crippen molar-refractivity contribution >= 4 is 39.0 Å². The van der Waals surface area contributed by atoms with E-state index in [9.17, 15) is 13.2 Å². The Morgan fingerprint density at radius 1 is 1.15 bits per heavy atom. The molecule has 0 unspecified atom stereocenters. The summed E-state index contributed by atoms with van der Waals surface area (Å²) in [5.74, 6) is -1.16. The van der Waals surface area contributed by atoms with E-state index in [2.05, 4.69) is 20.8 Å². The maximum Gasteiger partial charge on any atom is 0.367 e. The number of rotatable bonds is 6. The third-order valence-corrected chi connectivity index (χ3v) is 5.32. The minimum Gasteiger partial charge on any atom is -0.464 e. The Kier molecular flexibility index (Phi) is 7.20. The molecule has 27 heavy (non-hydrogen) atoms. The van der Waals surface area contributed by atoms with E-state index in [0.29, 0.717) is 10.5 Å². The third kappa shape index (κ3) is 6.58. The number of benzene rings is 2. The molecule has 2 rings (SSSR count). The predicted molar refractivity (Wildman–Crippen MR) is 107 cm³/mol. The number of ether oxygens (including phenoxy) is 1. The quantitative estimate of drug-likeness (QED) is 0.239. The molecule has 0 aliphatic carbocycles. The number of hydrogen-bond donors (Lipinski definition) is 0. The number of carbonyl (C=O) groups excluding carboxylic acids is 1. The molecule has 0 aliphatic rings. The lowest BCUT2D eigenvalue weighted by molar-refractivity contribution is -0.132. The topological polar surface area (TPSA) is 82.0 Å². The number of hydrogen-bond acceptors (Lipinski definition) is 7. The number of methoxy groups -OCH3 is 1. The molecule has 0 bridgehead atoms. The Bertz CT molecular complexity index is 933. The molecule has 0 amide bonds. The molecular weight excluding hydrogens is 386 g/mol. The Labute approximate surface area is 163 Å². The van der Waals surface area contributed by atoms with Crippen molar-refractivity contribution in [1.82, 2.24) is 0 Å². The molecule has 6 nitrogen and oxygen atoms in total. The van der Waals surface area contributed by atoms with E-state index in [1.165, 1.54) is 7.11 Å². The second kappa shape index (κ2) is 9.38. The minimum atomic E-state index is -4.02. The van der Waals surface area contributed by atoms with Gasteiger partial charge < -0.3 is 4.74 Å². The number of aryl methyl sites for hydroxylation is 1. The van der Waals surface area contributed by atoms with E-state index < -0.39 is 16.1 Å². The molecule has 0 aliphatic heterocycles. The fourth-order valence-electron chi connectivity index (χ4n) is 1.97. The zero-order chi connectivity index (χ0) is 19.9. The van der Waals surface area contributed by atoms with E-state index in [-0.39, 0.29) is 10.8 Å². The molecule has 0 heterocycles. The smallest absolute Gasteiger partial charge is 0.367 e. The van der Waals surface area contributed by atoms with Gasteiger partial charge in [0.2, 0.25) is 5.04 Å². The van der Waals surface area contributed by atoms with Crippen LogP contribution in [0.1, 0.15) is 16.7 Å². The highest BCUT2D eigenvalue weighted by Gasteiger charge is 2.19. The monoisotopic (exact) mass is 405 g/mol. The Hall–Kier alpha value is -2.58. The van der Waals surface area contributed by atoms with Gasteiger partial charge >= 0.3 is 16.1 Å². The number of oxime groups is 1. The first-order valence-corrected chi connectivity index (χ1v) is 10.3. The van der Waals surface area contributed by atoms with Gasteiger partial charge in [-0.1, -0.05) is 71.5 Å². The van der Waals surface area contributed by atoms with Crippen LogP contribution in [-0.4, -0.2) is 26.5 Å². The van der Waals surface area contributed by atoms with Crippen molar-refractivity contribution in [3.05, 3.63) is 71.8 Å². The van der Waals surface area contributed by atoms with Gasteiger partial charge in [-0.15, -0.1) is 0 Å². The maximum absolute atomic E-state index is 12.2. The van der Waals surface area contributed by atoms with Gasteiger partial charge in [-0.25, -0.2) is 4.79 Å². The third-order valence-electron chi connectivity index (χ3n) is 3.39. The van der Waals surface area contributed by atoms with Crippen LogP contribution in [0, 0.1) is 6.92 Å². The molecule has 2 aromatic rings. The second-order valence-electron chi connectivity index (χ2n) is 5.53. The summed E-state index contributed by atoms with van der Waals surface area (Å²) in [5.41, 5.74) is 2.45. The first kappa shape index (κ1) is 20.7. The summed E-state index contributed by atoms with van der Waals surface area (Å²) in [6.07, 6.45) is 1.66. The normalized spacial score (nSPS) is 11.7. The molecule has 0 fully saturated rings. The van der Waals surface area contributed by atoms with Crippen LogP contribution >= 0.6 is 11.8 Å². The van der Waals surface area contributed by atoms with Crippen LogP contribution in [0.5, 0.6) is 0 Å². The Balaban J connectivity index is 2.13. The average molecular weight is 405 g/mol. The number of thioether (sulfide) groups is 1. The summed E-state index contributed by atoms with van der Waals surface area (Å²) in [4.78, 5) is 12.6. The molecule has 0 radical (unpaired) electrons. The van der Waals surface area contributed by atoms with Gasteiger partial charge in [0.15, 0.2) is 0 Å². The molecule has 0 aromatic heterocycles. The lowest BCUT2D eigenvalue weighted by atomic mass is 10.1. The van der Waals surface area contributed by atoms with Gasteiger partial charge in [-0.3, -0.25) is 4.28 Å². The van der Waals surface area contributed by atoms with Crippen molar-refractivity contribution in [2.24, 2.45) is 5.16 Å². The molecule has 142 valence electrons. The van der Waals surface area contributed by atoms with Crippen LogP contribution in [0.25, 0.3) is 6.08 Å². The van der Waals surface area contributed by atoms with Gasteiger partial charge in [0.25, 0.3) is 0 Å². The number of carbonyl (C=O) groups is 1. The minimum absolute atomic E-state index is 0.216. The van der Waals surface area contributed by atoms with Crippen molar-refractivity contribution in [3.63, 3.8) is 0 Å². The first-order chi connectivity index (χ1) is 12.8.